The maximum Gasteiger partial charge on any atom is 0.126 e. The fourth-order valence-electron chi connectivity index (χ4n) is 1.82. The Hall–Kier alpha value is -2.12. The molecule has 0 spiro atoms. The molecule has 1 unspecified atom stereocenters. The summed E-state index contributed by atoms with van der Waals surface area (Å²) < 4.78 is 1.60. The normalized spacial score (nSPS) is 12.6. The summed E-state index contributed by atoms with van der Waals surface area (Å²) in [5.74, 6) is 6.16. The predicted molar refractivity (Wildman–Crippen MR) is 70.0 cm³/mol. The molecule has 0 aliphatic carbocycles. The maximum atomic E-state index is 5.93. The molecule has 2 heterocycles. The number of aryl methyl sites for hydroxylation is 1. The van der Waals surface area contributed by atoms with E-state index in [0.29, 0.717) is 17.9 Å². The highest BCUT2D eigenvalue weighted by Crippen LogP contribution is 2.24. The minimum absolute atomic E-state index is 0.148. The van der Waals surface area contributed by atoms with Crippen molar-refractivity contribution in [2.75, 3.05) is 11.5 Å². The van der Waals surface area contributed by atoms with Crippen molar-refractivity contribution in [2.45, 2.75) is 12.5 Å². The third kappa shape index (κ3) is 2.27. The molecule has 2 rings (SSSR count). The molecule has 7 heteroatoms. The molecule has 18 heavy (non-hydrogen) atoms. The standard InChI is InChI=1S/C11H17N7/c1-18-11(13)8(6-16-18)10(17-14)4-7-5-15-3-2-9(7)12/h2-3,5-6,10,17H,4,13-14H2,1H3,(H2,12,15). The molecule has 2 aromatic heterocycles. The van der Waals surface area contributed by atoms with Crippen molar-refractivity contribution in [3.63, 3.8) is 0 Å². The summed E-state index contributed by atoms with van der Waals surface area (Å²) in [6, 6.07) is 1.61. The van der Waals surface area contributed by atoms with Gasteiger partial charge in [0.15, 0.2) is 0 Å². The van der Waals surface area contributed by atoms with Gasteiger partial charge in [0, 0.05) is 30.7 Å². The van der Waals surface area contributed by atoms with Crippen LogP contribution in [0.25, 0.3) is 0 Å². The van der Waals surface area contributed by atoms with Gasteiger partial charge in [0.05, 0.1) is 12.2 Å². The molecular formula is C11H17N7. The summed E-state index contributed by atoms with van der Waals surface area (Å²) in [7, 11) is 1.78. The van der Waals surface area contributed by atoms with Crippen LogP contribution in [0.3, 0.4) is 0 Å². The second-order valence-corrected chi connectivity index (χ2v) is 4.11. The van der Waals surface area contributed by atoms with Gasteiger partial charge in [-0.25, -0.2) is 0 Å². The van der Waals surface area contributed by atoms with Crippen molar-refractivity contribution in [3.05, 3.63) is 35.8 Å². The van der Waals surface area contributed by atoms with Gasteiger partial charge in [0.1, 0.15) is 5.82 Å². The number of nitrogens with zero attached hydrogens (tertiary/aromatic N) is 3. The fourth-order valence-corrected chi connectivity index (χ4v) is 1.82. The van der Waals surface area contributed by atoms with E-state index in [0.717, 1.165) is 11.1 Å². The van der Waals surface area contributed by atoms with Crippen LogP contribution in [0.15, 0.2) is 24.7 Å². The Bertz CT molecular complexity index is 534. The molecule has 0 aromatic carbocycles. The first-order chi connectivity index (χ1) is 8.63. The summed E-state index contributed by atoms with van der Waals surface area (Å²) in [5.41, 5.74) is 17.0. The van der Waals surface area contributed by atoms with E-state index in [-0.39, 0.29) is 6.04 Å². The maximum absolute atomic E-state index is 5.93. The van der Waals surface area contributed by atoms with Crippen LogP contribution in [0.2, 0.25) is 0 Å². The van der Waals surface area contributed by atoms with E-state index in [1.165, 1.54) is 0 Å². The Morgan fingerprint density at radius 1 is 1.39 bits per heavy atom. The zero-order valence-electron chi connectivity index (χ0n) is 10.2. The summed E-state index contributed by atoms with van der Waals surface area (Å²) in [4.78, 5) is 4.05. The molecule has 0 radical (unpaired) electrons. The Morgan fingerprint density at radius 2 is 2.17 bits per heavy atom. The van der Waals surface area contributed by atoms with Gasteiger partial charge in [-0.2, -0.15) is 5.10 Å². The Kier molecular flexibility index (Phi) is 3.45. The third-order valence-electron chi connectivity index (χ3n) is 2.96. The highest BCUT2D eigenvalue weighted by molar-refractivity contribution is 5.47. The van der Waals surface area contributed by atoms with E-state index >= 15 is 0 Å². The van der Waals surface area contributed by atoms with Gasteiger partial charge in [0.25, 0.3) is 0 Å². The molecule has 96 valence electrons. The number of anilines is 2. The van der Waals surface area contributed by atoms with E-state index in [1.54, 1.807) is 36.4 Å². The van der Waals surface area contributed by atoms with E-state index in [4.69, 9.17) is 17.3 Å². The molecule has 0 aliphatic rings. The lowest BCUT2D eigenvalue weighted by Gasteiger charge is -2.16. The molecule has 0 saturated heterocycles. The zero-order valence-corrected chi connectivity index (χ0v) is 10.2. The lowest BCUT2D eigenvalue weighted by Crippen LogP contribution is -2.30. The molecular weight excluding hydrogens is 230 g/mol. The third-order valence-corrected chi connectivity index (χ3v) is 2.96. The molecule has 0 aliphatic heterocycles. The van der Waals surface area contributed by atoms with Gasteiger partial charge in [-0.1, -0.05) is 0 Å². The number of hydrogen-bond acceptors (Lipinski definition) is 6. The fraction of sp³-hybridized carbons (Fsp3) is 0.273. The van der Waals surface area contributed by atoms with Crippen molar-refractivity contribution < 1.29 is 0 Å². The lowest BCUT2D eigenvalue weighted by atomic mass is 10.0. The Labute approximate surface area is 105 Å². The second-order valence-electron chi connectivity index (χ2n) is 4.11. The number of nitrogens with two attached hydrogens (primary N) is 3. The Morgan fingerprint density at radius 3 is 2.72 bits per heavy atom. The van der Waals surface area contributed by atoms with Crippen molar-refractivity contribution in [3.8, 4) is 0 Å². The lowest BCUT2D eigenvalue weighted by molar-refractivity contribution is 0.553. The quantitative estimate of drug-likeness (QED) is 0.436. The molecule has 0 saturated carbocycles. The summed E-state index contributed by atoms with van der Waals surface area (Å²) in [5, 5.41) is 4.10. The first kappa shape index (κ1) is 12.3. The highest BCUT2D eigenvalue weighted by Gasteiger charge is 2.17. The van der Waals surface area contributed by atoms with Crippen molar-refractivity contribution in [2.24, 2.45) is 12.9 Å². The van der Waals surface area contributed by atoms with Gasteiger partial charge in [-0.15, -0.1) is 0 Å². The monoisotopic (exact) mass is 247 g/mol. The van der Waals surface area contributed by atoms with Crippen molar-refractivity contribution in [1.29, 1.82) is 0 Å². The summed E-state index contributed by atoms with van der Waals surface area (Å²) in [6.07, 6.45) is 5.69. The van der Waals surface area contributed by atoms with Crippen LogP contribution in [-0.4, -0.2) is 14.8 Å². The number of hydrazine groups is 1. The minimum Gasteiger partial charge on any atom is -0.398 e. The molecule has 0 fully saturated rings. The summed E-state index contributed by atoms with van der Waals surface area (Å²) in [6.45, 7) is 0. The van der Waals surface area contributed by atoms with E-state index < -0.39 is 0 Å². The number of rotatable bonds is 4. The molecule has 1 atom stereocenters. The largest absolute Gasteiger partial charge is 0.398 e. The number of hydrogen-bond donors (Lipinski definition) is 4. The van der Waals surface area contributed by atoms with Crippen LogP contribution in [0.4, 0.5) is 11.5 Å². The van der Waals surface area contributed by atoms with Crippen LogP contribution in [0.1, 0.15) is 17.2 Å². The SMILES string of the molecule is Cn1ncc(C(Cc2cnccc2N)NN)c1N. The molecule has 7 nitrogen and oxygen atoms in total. The first-order valence-corrected chi connectivity index (χ1v) is 5.55. The average molecular weight is 247 g/mol. The van der Waals surface area contributed by atoms with Crippen LogP contribution >= 0.6 is 0 Å². The second kappa shape index (κ2) is 5.03. The van der Waals surface area contributed by atoms with Crippen LogP contribution in [0.5, 0.6) is 0 Å². The van der Waals surface area contributed by atoms with Crippen LogP contribution in [-0.2, 0) is 13.5 Å². The molecule has 0 amide bonds. The molecule has 0 bridgehead atoms. The van der Waals surface area contributed by atoms with Gasteiger partial charge in [-0.3, -0.25) is 20.9 Å². The van der Waals surface area contributed by atoms with Gasteiger partial charge < -0.3 is 11.5 Å². The van der Waals surface area contributed by atoms with Gasteiger partial charge >= 0.3 is 0 Å². The number of nitrogen functional groups attached to an aromatic ring is 2. The number of nitrogens with one attached hydrogen (secondary N) is 1. The summed E-state index contributed by atoms with van der Waals surface area (Å²) >= 11 is 0. The predicted octanol–water partition coefficient (Wildman–Crippen LogP) is -0.273. The number of pyridine rings is 1. The van der Waals surface area contributed by atoms with E-state index in [9.17, 15) is 0 Å². The van der Waals surface area contributed by atoms with Crippen molar-refractivity contribution >= 4 is 11.5 Å². The zero-order chi connectivity index (χ0) is 13.1. The topological polar surface area (TPSA) is 121 Å². The highest BCUT2D eigenvalue weighted by atomic mass is 15.3. The molecule has 7 N–H and O–H groups in total. The van der Waals surface area contributed by atoms with Gasteiger partial charge in [0.2, 0.25) is 0 Å². The number of aromatic nitrogens is 3. The van der Waals surface area contributed by atoms with E-state index in [2.05, 4.69) is 15.5 Å². The van der Waals surface area contributed by atoms with E-state index in [1.807, 2.05) is 0 Å². The Balaban J connectivity index is 2.25. The van der Waals surface area contributed by atoms with Crippen LogP contribution in [0, 0.1) is 0 Å². The smallest absolute Gasteiger partial charge is 0.126 e. The minimum atomic E-state index is -0.148. The molecule has 2 aromatic rings. The van der Waals surface area contributed by atoms with Gasteiger partial charge in [-0.05, 0) is 18.1 Å². The average Bonchev–Trinajstić information content (AvgIpc) is 2.70. The van der Waals surface area contributed by atoms with Crippen LogP contribution < -0.4 is 22.7 Å². The first-order valence-electron chi connectivity index (χ1n) is 5.55. The van der Waals surface area contributed by atoms with Crippen molar-refractivity contribution in [1.82, 2.24) is 20.2 Å².